The fraction of sp³-hybridized carbons (Fsp3) is 0.111. The monoisotopic (exact) mass is 318 g/mol. The Balaban J connectivity index is 1.57. The molecule has 1 atom stereocenters. The molecular weight excluding hydrogens is 304 g/mol. The third kappa shape index (κ3) is 3.00. The summed E-state index contributed by atoms with van der Waals surface area (Å²) in [7, 11) is 0. The number of nitrogens with zero attached hydrogens (tertiary/aromatic N) is 4. The van der Waals surface area contributed by atoms with Crippen molar-refractivity contribution >= 4 is 16.8 Å². The summed E-state index contributed by atoms with van der Waals surface area (Å²) < 4.78 is 0. The minimum absolute atomic E-state index is 0.111. The van der Waals surface area contributed by atoms with Gasteiger partial charge in [0.2, 0.25) is 0 Å². The van der Waals surface area contributed by atoms with E-state index in [1.807, 2.05) is 61.1 Å². The fourth-order valence-corrected chi connectivity index (χ4v) is 3.51. The predicted molar refractivity (Wildman–Crippen MR) is 93.4 cm³/mol. The molecule has 0 saturated heterocycles. The Morgan fingerprint density at radius 1 is 0.870 bits per heavy atom. The third-order valence-electron chi connectivity index (χ3n) is 3.65. The molecule has 4 nitrogen and oxygen atoms in total. The Morgan fingerprint density at radius 3 is 2.39 bits per heavy atom. The van der Waals surface area contributed by atoms with Crippen molar-refractivity contribution < 1.29 is 0 Å². The summed E-state index contributed by atoms with van der Waals surface area (Å²) in [5, 5.41) is 1.04. The summed E-state index contributed by atoms with van der Waals surface area (Å²) in [5.41, 5.74) is 3.15. The fourth-order valence-electron chi connectivity index (χ4n) is 2.44. The van der Waals surface area contributed by atoms with Crippen LogP contribution >= 0.6 is 11.8 Å². The average molecular weight is 318 g/mol. The molecule has 23 heavy (non-hydrogen) atoms. The topological polar surface area (TPSA) is 51.0 Å². The quantitative estimate of drug-likeness (QED) is 0.737. The maximum absolute atomic E-state index is 4.79. The Labute approximate surface area is 138 Å². The smallest absolute Gasteiger partial charge is 0.159 e. The van der Waals surface area contributed by atoms with E-state index in [1.165, 1.54) is 0 Å². The molecule has 4 rings (SSSR count). The number of hydrogen-bond donors (Lipinski definition) is 0. The normalized spacial score (nSPS) is 17.0. The van der Waals surface area contributed by atoms with Crippen LogP contribution in [0.5, 0.6) is 0 Å². The largest absolute Gasteiger partial charge is 0.269 e. The van der Waals surface area contributed by atoms with Crippen LogP contribution in [0, 0.1) is 0 Å². The highest BCUT2D eigenvalue weighted by molar-refractivity contribution is 8.14. The van der Waals surface area contributed by atoms with E-state index < -0.39 is 0 Å². The summed E-state index contributed by atoms with van der Waals surface area (Å²) in [6.45, 7) is 0. The van der Waals surface area contributed by atoms with Crippen molar-refractivity contribution in [3.8, 4) is 11.4 Å². The van der Waals surface area contributed by atoms with E-state index in [-0.39, 0.29) is 6.04 Å². The van der Waals surface area contributed by atoms with E-state index in [1.54, 1.807) is 18.0 Å². The zero-order chi connectivity index (χ0) is 15.5. The minimum Gasteiger partial charge on any atom is -0.269 e. The highest BCUT2D eigenvalue weighted by Crippen LogP contribution is 2.32. The van der Waals surface area contributed by atoms with Crippen LogP contribution in [0.2, 0.25) is 0 Å². The number of rotatable bonds is 3. The maximum Gasteiger partial charge on any atom is 0.159 e. The molecule has 0 aliphatic carbocycles. The standard InChI is InChI=1S/C18H14N4S/c1-2-5-13(6-3-1)17-20-10-15(11-21-17)16-12-23-18(22-16)14-7-4-8-19-9-14/h1-11,16H,12H2. The van der Waals surface area contributed by atoms with Crippen LogP contribution in [0.25, 0.3) is 11.4 Å². The van der Waals surface area contributed by atoms with E-state index in [0.29, 0.717) is 0 Å². The molecule has 0 bridgehead atoms. The number of thioether (sulfide) groups is 1. The van der Waals surface area contributed by atoms with E-state index in [0.717, 1.165) is 33.3 Å². The van der Waals surface area contributed by atoms with Crippen molar-refractivity contribution in [1.29, 1.82) is 0 Å². The van der Waals surface area contributed by atoms with Gasteiger partial charge in [0.25, 0.3) is 0 Å². The van der Waals surface area contributed by atoms with Gasteiger partial charge >= 0.3 is 0 Å². The molecule has 0 N–H and O–H groups in total. The maximum atomic E-state index is 4.79. The van der Waals surface area contributed by atoms with Crippen molar-refractivity contribution in [2.24, 2.45) is 4.99 Å². The Morgan fingerprint density at radius 2 is 1.65 bits per heavy atom. The first-order valence-electron chi connectivity index (χ1n) is 7.38. The van der Waals surface area contributed by atoms with Gasteiger partial charge in [0.1, 0.15) is 5.04 Å². The lowest BCUT2D eigenvalue weighted by molar-refractivity contribution is 0.832. The summed E-state index contributed by atoms with van der Waals surface area (Å²) in [5.74, 6) is 1.66. The van der Waals surface area contributed by atoms with Crippen molar-refractivity contribution in [3.63, 3.8) is 0 Å². The third-order valence-corrected chi connectivity index (χ3v) is 4.75. The van der Waals surface area contributed by atoms with Crippen molar-refractivity contribution in [3.05, 3.63) is 78.4 Å². The van der Waals surface area contributed by atoms with Crippen LogP contribution < -0.4 is 0 Å². The molecule has 1 aliphatic rings. The first-order valence-corrected chi connectivity index (χ1v) is 8.37. The molecule has 2 aromatic heterocycles. The molecule has 1 aromatic carbocycles. The van der Waals surface area contributed by atoms with Crippen LogP contribution in [0.4, 0.5) is 0 Å². The molecule has 1 unspecified atom stereocenters. The van der Waals surface area contributed by atoms with Crippen molar-refractivity contribution in [2.45, 2.75) is 6.04 Å². The average Bonchev–Trinajstić information content (AvgIpc) is 3.14. The lowest BCUT2D eigenvalue weighted by Crippen LogP contribution is -1.98. The molecule has 0 saturated carbocycles. The van der Waals surface area contributed by atoms with Crippen LogP contribution in [0.3, 0.4) is 0 Å². The molecule has 112 valence electrons. The minimum atomic E-state index is 0.111. The highest BCUT2D eigenvalue weighted by atomic mass is 32.2. The number of pyridine rings is 1. The van der Waals surface area contributed by atoms with E-state index in [9.17, 15) is 0 Å². The van der Waals surface area contributed by atoms with E-state index in [2.05, 4.69) is 15.0 Å². The number of benzene rings is 1. The first kappa shape index (κ1) is 14.1. The van der Waals surface area contributed by atoms with Gasteiger partial charge in [-0.3, -0.25) is 9.98 Å². The molecular formula is C18H14N4S. The van der Waals surface area contributed by atoms with Gasteiger partial charge in [-0.25, -0.2) is 9.97 Å². The number of aliphatic imine (C=N–C) groups is 1. The SMILES string of the molecule is c1ccc(-c2ncc(C3CSC(c4cccnc4)=N3)cn2)cc1. The summed E-state index contributed by atoms with van der Waals surface area (Å²) in [6.07, 6.45) is 7.40. The Kier molecular flexibility index (Phi) is 3.86. The summed E-state index contributed by atoms with van der Waals surface area (Å²) >= 11 is 1.75. The van der Waals surface area contributed by atoms with Crippen LogP contribution in [0.15, 0.2) is 72.2 Å². The van der Waals surface area contributed by atoms with Gasteiger partial charge in [-0.1, -0.05) is 30.3 Å². The Hall–Kier alpha value is -2.53. The van der Waals surface area contributed by atoms with E-state index >= 15 is 0 Å². The molecule has 3 heterocycles. The van der Waals surface area contributed by atoms with Gasteiger partial charge in [-0.15, -0.1) is 11.8 Å². The van der Waals surface area contributed by atoms with Crippen LogP contribution in [0.1, 0.15) is 17.2 Å². The van der Waals surface area contributed by atoms with Crippen molar-refractivity contribution in [1.82, 2.24) is 15.0 Å². The highest BCUT2D eigenvalue weighted by Gasteiger charge is 2.21. The van der Waals surface area contributed by atoms with Gasteiger partial charge in [-0.2, -0.15) is 0 Å². The number of aromatic nitrogens is 3. The molecule has 3 aromatic rings. The Bertz CT molecular complexity index is 817. The van der Waals surface area contributed by atoms with Gasteiger partial charge < -0.3 is 0 Å². The second kappa shape index (κ2) is 6.30. The van der Waals surface area contributed by atoms with Gasteiger partial charge in [0, 0.05) is 47.2 Å². The van der Waals surface area contributed by atoms with Crippen molar-refractivity contribution in [2.75, 3.05) is 5.75 Å². The lowest BCUT2D eigenvalue weighted by Gasteiger charge is -2.06. The lowest BCUT2D eigenvalue weighted by atomic mass is 10.1. The van der Waals surface area contributed by atoms with Gasteiger partial charge in [-0.05, 0) is 12.1 Å². The molecule has 0 spiro atoms. The van der Waals surface area contributed by atoms with Gasteiger partial charge in [0.05, 0.1) is 6.04 Å². The van der Waals surface area contributed by atoms with Crippen LogP contribution in [-0.2, 0) is 0 Å². The number of hydrogen-bond acceptors (Lipinski definition) is 5. The molecule has 5 heteroatoms. The van der Waals surface area contributed by atoms with E-state index in [4.69, 9.17) is 4.99 Å². The molecule has 1 aliphatic heterocycles. The predicted octanol–water partition coefficient (Wildman–Crippen LogP) is 3.77. The second-order valence-corrected chi connectivity index (χ2v) is 6.22. The summed E-state index contributed by atoms with van der Waals surface area (Å²) in [6, 6.07) is 14.1. The zero-order valence-electron chi connectivity index (χ0n) is 12.3. The molecule has 0 radical (unpaired) electrons. The zero-order valence-corrected chi connectivity index (χ0v) is 13.1. The first-order chi connectivity index (χ1) is 11.4. The second-order valence-electron chi connectivity index (χ2n) is 5.21. The molecule has 0 amide bonds. The van der Waals surface area contributed by atoms with Crippen LogP contribution in [-0.4, -0.2) is 25.7 Å². The summed E-state index contributed by atoms with van der Waals surface area (Å²) in [4.78, 5) is 17.9. The molecule has 0 fully saturated rings. The van der Waals surface area contributed by atoms with Gasteiger partial charge in [0.15, 0.2) is 5.82 Å².